The van der Waals surface area contributed by atoms with Crippen LogP contribution in [0.1, 0.15) is 19.4 Å². The average Bonchev–Trinajstić information content (AvgIpc) is 2.59. The lowest BCUT2D eigenvalue weighted by Gasteiger charge is -2.18. The van der Waals surface area contributed by atoms with Gasteiger partial charge in [-0.3, -0.25) is 4.79 Å². The molecule has 5 nitrogen and oxygen atoms in total. The highest BCUT2D eigenvalue weighted by atomic mass is 35.5. The third-order valence-corrected chi connectivity index (χ3v) is 3.80. The van der Waals surface area contributed by atoms with Gasteiger partial charge in [0, 0.05) is 11.1 Å². The van der Waals surface area contributed by atoms with Crippen molar-refractivity contribution in [1.82, 2.24) is 0 Å². The fraction of sp³-hybridized carbons (Fsp3) is 0.222. The number of rotatable bonds is 6. The van der Waals surface area contributed by atoms with Crippen LogP contribution in [0.3, 0.4) is 0 Å². The van der Waals surface area contributed by atoms with Crippen LogP contribution in [0, 0.1) is 11.3 Å². The Bertz CT molecular complexity index is 818. The van der Waals surface area contributed by atoms with Crippen LogP contribution >= 0.6 is 23.2 Å². The Kier molecular flexibility index (Phi) is 6.51. The summed E-state index contributed by atoms with van der Waals surface area (Å²) in [6.45, 7) is 3.83. The Morgan fingerprint density at radius 2 is 2.00 bits per heavy atom. The van der Waals surface area contributed by atoms with Gasteiger partial charge in [-0.2, -0.15) is 5.26 Å². The summed E-state index contributed by atoms with van der Waals surface area (Å²) in [5.74, 6) is 0.388. The number of amides is 1. The molecule has 0 saturated heterocycles. The molecule has 2 aromatic rings. The molecular weight excluding hydrogens is 363 g/mol. The van der Waals surface area contributed by atoms with Gasteiger partial charge in [0.2, 0.25) is 0 Å². The minimum absolute atomic E-state index is 0.373. The molecule has 0 radical (unpaired) electrons. The van der Waals surface area contributed by atoms with Crippen LogP contribution in [0.2, 0.25) is 10.0 Å². The molecule has 2 aromatic carbocycles. The Morgan fingerprint density at radius 3 is 2.68 bits per heavy atom. The number of benzene rings is 2. The molecule has 0 aromatic heterocycles. The summed E-state index contributed by atoms with van der Waals surface area (Å²) in [5, 5.41) is 12.5. The Labute approximate surface area is 156 Å². The van der Waals surface area contributed by atoms with E-state index in [1.807, 2.05) is 13.0 Å². The highest BCUT2D eigenvalue weighted by molar-refractivity contribution is 6.35. The van der Waals surface area contributed by atoms with E-state index in [0.717, 1.165) is 0 Å². The zero-order chi connectivity index (χ0) is 18.4. The average molecular weight is 379 g/mol. The van der Waals surface area contributed by atoms with Crippen molar-refractivity contribution >= 4 is 34.8 Å². The molecule has 7 heteroatoms. The molecule has 1 N–H and O–H groups in total. The molecule has 0 saturated carbocycles. The van der Waals surface area contributed by atoms with Gasteiger partial charge in [0.05, 0.1) is 28.9 Å². The Hall–Kier alpha value is -2.42. The topological polar surface area (TPSA) is 71.3 Å². The molecule has 0 heterocycles. The predicted octanol–water partition coefficient (Wildman–Crippen LogP) is 4.67. The first-order chi connectivity index (χ1) is 11.9. The molecule has 0 bridgehead atoms. The second kappa shape index (κ2) is 8.61. The standard InChI is InChI=1S/C18H16Cl2N2O3/c1-3-24-17-8-12(10-21)4-7-16(17)25-11(2)18(23)22-15-9-13(19)5-6-14(15)20/h4-9,11H,3H2,1-2H3,(H,22,23)/t11-/m1/s1. The monoisotopic (exact) mass is 378 g/mol. The van der Waals surface area contributed by atoms with E-state index in [4.69, 9.17) is 37.9 Å². The first-order valence-corrected chi connectivity index (χ1v) is 8.29. The van der Waals surface area contributed by atoms with Gasteiger partial charge in [-0.1, -0.05) is 23.2 Å². The zero-order valence-electron chi connectivity index (χ0n) is 13.7. The maximum absolute atomic E-state index is 12.3. The molecule has 1 amide bonds. The maximum Gasteiger partial charge on any atom is 0.265 e. The van der Waals surface area contributed by atoms with Gasteiger partial charge < -0.3 is 14.8 Å². The zero-order valence-corrected chi connectivity index (χ0v) is 15.2. The van der Waals surface area contributed by atoms with Gasteiger partial charge in [0.15, 0.2) is 17.6 Å². The van der Waals surface area contributed by atoms with Crippen LogP contribution in [0.25, 0.3) is 0 Å². The maximum atomic E-state index is 12.3. The molecule has 0 unspecified atom stereocenters. The number of nitrogens with zero attached hydrogens (tertiary/aromatic N) is 1. The van der Waals surface area contributed by atoms with E-state index in [9.17, 15) is 4.79 Å². The van der Waals surface area contributed by atoms with Crippen LogP contribution in [-0.4, -0.2) is 18.6 Å². The quantitative estimate of drug-likeness (QED) is 0.792. The minimum Gasteiger partial charge on any atom is -0.490 e. The second-order valence-electron chi connectivity index (χ2n) is 5.08. The molecule has 25 heavy (non-hydrogen) atoms. The van der Waals surface area contributed by atoms with Crippen LogP contribution in [-0.2, 0) is 4.79 Å². The van der Waals surface area contributed by atoms with Gasteiger partial charge in [0.25, 0.3) is 5.91 Å². The van der Waals surface area contributed by atoms with E-state index in [1.54, 1.807) is 43.3 Å². The first-order valence-electron chi connectivity index (χ1n) is 7.54. The van der Waals surface area contributed by atoms with E-state index >= 15 is 0 Å². The normalized spacial score (nSPS) is 11.3. The number of carbonyl (C=O) groups excluding carboxylic acids is 1. The predicted molar refractivity (Wildman–Crippen MR) is 97.5 cm³/mol. The fourth-order valence-electron chi connectivity index (χ4n) is 2.01. The SMILES string of the molecule is CCOc1cc(C#N)ccc1O[C@H](C)C(=O)Nc1cc(Cl)ccc1Cl. The smallest absolute Gasteiger partial charge is 0.265 e. The minimum atomic E-state index is -0.817. The molecule has 0 aliphatic carbocycles. The third-order valence-electron chi connectivity index (χ3n) is 3.23. The summed E-state index contributed by atoms with van der Waals surface area (Å²) in [4.78, 5) is 12.3. The van der Waals surface area contributed by atoms with E-state index in [0.29, 0.717) is 39.4 Å². The van der Waals surface area contributed by atoms with Crippen molar-refractivity contribution in [2.75, 3.05) is 11.9 Å². The van der Waals surface area contributed by atoms with E-state index < -0.39 is 12.0 Å². The van der Waals surface area contributed by atoms with Gasteiger partial charge in [-0.25, -0.2) is 0 Å². The summed E-state index contributed by atoms with van der Waals surface area (Å²) in [5.41, 5.74) is 0.845. The van der Waals surface area contributed by atoms with E-state index in [2.05, 4.69) is 5.32 Å². The lowest BCUT2D eigenvalue weighted by atomic mass is 10.2. The van der Waals surface area contributed by atoms with Crippen molar-refractivity contribution in [3.05, 3.63) is 52.0 Å². The largest absolute Gasteiger partial charge is 0.490 e. The second-order valence-corrected chi connectivity index (χ2v) is 5.92. The molecule has 0 spiro atoms. The molecule has 1 atom stereocenters. The van der Waals surface area contributed by atoms with Crippen molar-refractivity contribution in [3.8, 4) is 17.6 Å². The molecule has 0 aliphatic heterocycles. The molecule has 0 fully saturated rings. The van der Waals surface area contributed by atoms with E-state index in [1.165, 1.54) is 0 Å². The van der Waals surface area contributed by atoms with Crippen molar-refractivity contribution in [2.45, 2.75) is 20.0 Å². The number of anilines is 1. The summed E-state index contributed by atoms with van der Waals surface area (Å²) < 4.78 is 11.1. The van der Waals surface area contributed by atoms with E-state index in [-0.39, 0.29) is 0 Å². The fourth-order valence-corrected chi connectivity index (χ4v) is 2.35. The number of nitriles is 1. The van der Waals surface area contributed by atoms with Crippen LogP contribution < -0.4 is 14.8 Å². The lowest BCUT2D eigenvalue weighted by molar-refractivity contribution is -0.122. The molecular formula is C18H16Cl2N2O3. The summed E-state index contributed by atoms with van der Waals surface area (Å²) >= 11 is 11.9. The summed E-state index contributed by atoms with van der Waals surface area (Å²) in [6, 6.07) is 11.6. The summed E-state index contributed by atoms with van der Waals surface area (Å²) in [7, 11) is 0. The van der Waals surface area contributed by atoms with Gasteiger partial charge in [-0.15, -0.1) is 0 Å². The van der Waals surface area contributed by atoms with Gasteiger partial charge >= 0.3 is 0 Å². The Balaban J connectivity index is 2.13. The highest BCUT2D eigenvalue weighted by Gasteiger charge is 2.18. The van der Waals surface area contributed by atoms with Crippen LogP contribution in [0.5, 0.6) is 11.5 Å². The highest BCUT2D eigenvalue weighted by Crippen LogP contribution is 2.30. The summed E-state index contributed by atoms with van der Waals surface area (Å²) in [6.07, 6.45) is -0.817. The third kappa shape index (κ3) is 5.02. The van der Waals surface area contributed by atoms with Crippen molar-refractivity contribution < 1.29 is 14.3 Å². The van der Waals surface area contributed by atoms with Gasteiger partial charge in [-0.05, 0) is 44.2 Å². The van der Waals surface area contributed by atoms with Crippen LogP contribution in [0.4, 0.5) is 5.69 Å². The van der Waals surface area contributed by atoms with Crippen molar-refractivity contribution in [1.29, 1.82) is 5.26 Å². The number of nitrogens with one attached hydrogen (secondary N) is 1. The van der Waals surface area contributed by atoms with Crippen molar-refractivity contribution in [3.63, 3.8) is 0 Å². The van der Waals surface area contributed by atoms with Gasteiger partial charge in [0.1, 0.15) is 0 Å². The molecule has 2 rings (SSSR count). The number of hydrogen-bond donors (Lipinski definition) is 1. The number of halogens is 2. The number of ether oxygens (including phenoxy) is 2. The number of hydrogen-bond acceptors (Lipinski definition) is 4. The molecule has 130 valence electrons. The first kappa shape index (κ1) is 18.9. The van der Waals surface area contributed by atoms with Crippen LogP contribution in [0.15, 0.2) is 36.4 Å². The van der Waals surface area contributed by atoms with Crippen molar-refractivity contribution in [2.24, 2.45) is 0 Å². The number of carbonyl (C=O) groups is 1. The molecule has 0 aliphatic rings. The Morgan fingerprint density at radius 1 is 1.24 bits per heavy atom. The lowest BCUT2D eigenvalue weighted by Crippen LogP contribution is -2.30.